The van der Waals surface area contributed by atoms with Crippen molar-refractivity contribution >= 4 is 29.1 Å². The van der Waals surface area contributed by atoms with Crippen LogP contribution >= 0.6 is 23.1 Å². The van der Waals surface area contributed by atoms with Crippen LogP contribution in [0.3, 0.4) is 0 Å². The molecule has 1 N–H and O–H groups in total. The number of hydrogen-bond donors (Lipinski definition) is 1. The van der Waals surface area contributed by atoms with Crippen LogP contribution in [0.15, 0.2) is 10.5 Å². The van der Waals surface area contributed by atoms with Gasteiger partial charge < -0.3 is 9.52 Å². The van der Waals surface area contributed by atoms with Gasteiger partial charge in [-0.15, -0.1) is 21.5 Å². The Bertz CT molecular complexity index is 627. The van der Waals surface area contributed by atoms with Crippen molar-refractivity contribution in [1.29, 1.82) is 0 Å². The summed E-state index contributed by atoms with van der Waals surface area (Å²) in [5, 5.41) is 16.9. The third kappa shape index (κ3) is 3.47. The van der Waals surface area contributed by atoms with Crippen LogP contribution < -0.4 is 0 Å². The minimum Gasteiger partial charge on any atom is -0.481 e. The van der Waals surface area contributed by atoms with E-state index < -0.39 is 5.97 Å². The van der Waals surface area contributed by atoms with E-state index in [0.717, 1.165) is 17.1 Å². The number of carboxylic acid groups (broad SMARTS) is 1. The molecule has 21 heavy (non-hydrogen) atoms. The number of aromatic nitrogens is 2. The number of nitrogens with zero attached hydrogens (tertiary/aromatic N) is 2. The third-order valence-corrected chi connectivity index (χ3v) is 5.58. The highest BCUT2D eigenvalue weighted by atomic mass is 32.2. The van der Waals surface area contributed by atoms with Gasteiger partial charge in [0.25, 0.3) is 5.89 Å². The number of fused-ring (bicyclic) bond motifs is 1. The molecule has 0 aromatic carbocycles. The number of rotatable bonds is 5. The van der Waals surface area contributed by atoms with Gasteiger partial charge in [-0.1, -0.05) is 6.92 Å². The number of thiophene rings is 1. The molecular weight excluding hydrogens is 308 g/mol. The Morgan fingerprint density at radius 1 is 1.52 bits per heavy atom. The zero-order valence-electron chi connectivity index (χ0n) is 11.7. The van der Waals surface area contributed by atoms with Crippen molar-refractivity contribution in [3.05, 3.63) is 22.4 Å². The van der Waals surface area contributed by atoms with Crippen LogP contribution in [0.2, 0.25) is 0 Å². The van der Waals surface area contributed by atoms with Gasteiger partial charge in [-0.05, 0) is 29.7 Å². The average Bonchev–Trinajstić information content (AvgIpc) is 3.03. The lowest BCUT2D eigenvalue weighted by Gasteiger charge is -2.08. The first kappa shape index (κ1) is 14.6. The van der Waals surface area contributed by atoms with Crippen molar-refractivity contribution in [2.24, 2.45) is 5.92 Å². The van der Waals surface area contributed by atoms with E-state index in [9.17, 15) is 4.79 Å². The molecule has 112 valence electrons. The molecule has 0 saturated carbocycles. The molecule has 0 amide bonds. The second-order valence-electron chi connectivity index (χ2n) is 5.27. The molecule has 2 aromatic rings. The summed E-state index contributed by atoms with van der Waals surface area (Å²) < 4.78 is 5.69. The molecular formula is C14H16N2O3S2. The van der Waals surface area contributed by atoms with E-state index in [-0.39, 0.29) is 12.3 Å². The Balaban J connectivity index is 1.72. The lowest BCUT2D eigenvalue weighted by atomic mass is 10.0. The third-order valence-electron chi connectivity index (χ3n) is 3.35. The number of carboxylic acids is 1. The maximum absolute atomic E-state index is 10.7. The van der Waals surface area contributed by atoms with Gasteiger partial charge in [0.15, 0.2) is 0 Å². The molecule has 1 aliphatic rings. The average molecular weight is 324 g/mol. The van der Waals surface area contributed by atoms with E-state index in [2.05, 4.69) is 16.3 Å². The van der Waals surface area contributed by atoms with Crippen LogP contribution in [0.4, 0.5) is 0 Å². The summed E-state index contributed by atoms with van der Waals surface area (Å²) in [6.45, 7) is 1.87. The van der Waals surface area contributed by atoms with Crippen LogP contribution in [0.5, 0.6) is 0 Å². The summed E-state index contributed by atoms with van der Waals surface area (Å²) in [6.07, 6.45) is 1.73. The highest BCUT2D eigenvalue weighted by Crippen LogP contribution is 2.36. The standard InChI is InChI=1S/C14H16N2O3S2/c1-8(5-13(17)18)4-12-15-16-14(19-12)11-6-9-7-20-3-2-10(9)21-11/h6,8H,2-5,7H2,1H3,(H,17,18). The quantitative estimate of drug-likeness (QED) is 0.910. The lowest BCUT2D eigenvalue weighted by Crippen LogP contribution is -2.07. The molecule has 1 unspecified atom stereocenters. The molecule has 0 spiro atoms. The van der Waals surface area contributed by atoms with Crippen molar-refractivity contribution in [2.45, 2.75) is 31.9 Å². The molecule has 0 radical (unpaired) electrons. The van der Waals surface area contributed by atoms with E-state index in [1.165, 1.54) is 16.2 Å². The van der Waals surface area contributed by atoms with Crippen LogP contribution in [-0.4, -0.2) is 27.0 Å². The van der Waals surface area contributed by atoms with E-state index >= 15 is 0 Å². The monoisotopic (exact) mass is 324 g/mol. The van der Waals surface area contributed by atoms with Gasteiger partial charge in [-0.2, -0.15) is 11.8 Å². The molecule has 1 atom stereocenters. The first-order valence-electron chi connectivity index (χ1n) is 6.85. The number of aryl methyl sites for hydroxylation is 1. The van der Waals surface area contributed by atoms with Crippen molar-refractivity contribution in [2.75, 3.05) is 5.75 Å². The zero-order chi connectivity index (χ0) is 14.8. The molecule has 0 aliphatic carbocycles. The van der Waals surface area contributed by atoms with E-state index in [0.29, 0.717) is 18.2 Å². The topological polar surface area (TPSA) is 76.2 Å². The Hall–Kier alpha value is -1.34. The Labute approximate surface area is 130 Å². The second kappa shape index (κ2) is 6.19. The summed E-state index contributed by atoms with van der Waals surface area (Å²) in [7, 11) is 0. The van der Waals surface area contributed by atoms with E-state index in [1.54, 1.807) is 11.3 Å². The summed E-state index contributed by atoms with van der Waals surface area (Å²) in [5.74, 6) is 2.49. The van der Waals surface area contributed by atoms with Crippen molar-refractivity contribution < 1.29 is 14.3 Å². The fourth-order valence-corrected chi connectivity index (χ4v) is 4.65. The Morgan fingerprint density at radius 2 is 2.38 bits per heavy atom. The van der Waals surface area contributed by atoms with Crippen LogP contribution in [-0.2, 0) is 23.4 Å². The number of aliphatic carboxylic acids is 1. The molecule has 0 fully saturated rings. The minimum absolute atomic E-state index is 0.0104. The first-order valence-corrected chi connectivity index (χ1v) is 8.83. The summed E-state index contributed by atoms with van der Waals surface area (Å²) in [6, 6.07) is 2.14. The summed E-state index contributed by atoms with van der Waals surface area (Å²) >= 11 is 3.68. The fraction of sp³-hybridized carbons (Fsp3) is 0.500. The predicted octanol–water partition coefficient (Wildman–Crippen LogP) is 3.24. The highest BCUT2D eigenvalue weighted by molar-refractivity contribution is 7.98. The van der Waals surface area contributed by atoms with E-state index in [4.69, 9.17) is 9.52 Å². The molecule has 0 saturated heterocycles. The Morgan fingerprint density at radius 3 is 3.14 bits per heavy atom. The normalized spacial score (nSPS) is 15.7. The van der Waals surface area contributed by atoms with Crippen molar-refractivity contribution in [3.63, 3.8) is 0 Å². The SMILES string of the molecule is CC(CC(=O)O)Cc1nnc(-c2cc3c(s2)CCSC3)o1. The lowest BCUT2D eigenvalue weighted by molar-refractivity contribution is -0.137. The van der Waals surface area contributed by atoms with Crippen LogP contribution in [0.25, 0.3) is 10.8 Å². The summed E-state index contributed by atoms with van der Waals surface area (Å²) in [4.78, 5) is 13.1. The first-order chi connectivity index (χ1) is 10.1. The highest BCUT2D eigenvalue weighted by Gasteiger charge is 2.19. The number of thioether (sulfide) groups is 1. The molecule has 3 rings (SSSR count). The van der Waals surface area contributed by atoms with Crippen LogP contribution in [0, 0.1) is 5.92 Å². The number of carbonyl (C=O) groups is 1. The van der Waals surface area contributed by atoms with Crippen molar-refractivity contribution in [1.82, 2.24) is 10.2 Å². The maximum Gasteiger partial charge on any atom is 0.303 e. The van der Waals surface area contributed by atoms with Gasteiger partial charge in [0.2, 0.25) is 5.89 Å². The second-order valence-corrected chi connectivity index (χ2v) is 7.51. The van der Waals surface area contributed by atoms with E-state index in [1.807, 2.05) is 18.7 Å². The van der Waals surface area contributed by atoms with Gasteiger partial charge in [0.05, 0.1) is 4.88 Å². The largest absolute Gasteiger partial charge is 0.481 e. The van der Waals surface area contributed by atoms with Gasteiger partial charge in [0, 0.05) is 23.5 Å². The van der Waals surface area contributed by atoms with Gasteiger partial charge in [0.1, 0.15) is 0 Å². The van der Waals surface area contributed by atoms with Gasteiger partial charge >= 0.3 is 5.97 Å². The fourth-order valence-electron chi connectivity index (χ4n) is 2.36. The molecule has 2 aromatic heterocycles. The Kier molecular flexibility index (Phi) is 4.30. The van der Waals surface area contributed by atoms with Gasteiger partial charge in [-0.3, -0.25) is 4.79 Å². The molecule has 7 heteroatoms. The maximum atomic E-state index is 10.7. The predicted molar refractivity (Wildman–Crippen MR) is 82.6 cm³/mol. The molecule has 3 heterocycles. The zero-order valence-corrected chi connectivity index (χ0v) is 13.3. The van der Waals surface area contributed by atoms with Gasteiger partial charge in [-0.25, -0.2) is 0 Å². The summed E-state index contributed by atoms with van der Waals surface area (Å²) in [5.41, 5.74) is 1.38. The smallest absolute Gasteiger partial charge is 0.303 e. The van der Waals surface area contributed by atoms with Crippen LogP contribution in [0.1, 0.15) is 29.7 Å². The minimum atomic E-state index is -0.800. The molecule has 0 bridgehead atoms. The molecule has 5 nitrogen and oxygen atoms in total. The number of hydrogen-bond acceptors (Lipinski definition) is 6. The van der Waals surface area contributed by atoms with Crippen molar-refractivity contribution in [3.8, 4) is 10.8 Å². The molecule has 1 aliphatic heterocycles.